The molecule has 0 saturated heterocycles. The number of halogens is 1. The zero-order valence-electron chi connectivity index (χ0n) is 18.5. The highest BCUT2D eigenvalue weighted by molar-refractivity contribution is 5.49. The average Bonchev–Trinajstić information content (AvgIpc) is 2.53. The van der Waals surface area contributed by atoms with Crippen LogP contribution in [0.2, 0.25) is 0 Å². The first-order valence-electron chi connectivity index (χ1n) is 10.7. The number of phenols is 1. The minimum atomic E-state index is -0.121. The quantitative estimate of drug-likeness (QED) is 0.578. The van der Waals surface area contributed by atoms with E-state index in [0.29, 0.717) is 18.2 Å². The fraction of sp³-hybridized carbons (Fsp3) is 0.750. The van der Waals surface area contributed by atoms with Gasteiger partial charge < -0.3 is 5.11 Å². The zero-order chi connectivity index (χ0) is 20.4. The van der Waals surface area contributed by atoms with E-state index in [1.165, 1.54) is 12.0 Å². The molecule has 2 unspecified atom stereocenters. The molecular weight excluding hydrogens is 337 g/mol. The molecule has 0 radical (unpaired) electrons. The lowest BCUT2D eigenvalue weighted by Crippen LogP contribution is -2.33. The third kappa shape index (κ3) is 5.94. The molecule has 2 rings (SSSR count). The third-order valence-electron chi connectivity index (χ3n) is 5.93. The Hall–Kier alpha value is -1.09. The van der Waals surface area contributed by atoms with E-state index in [1.54, 1.807) is 0 Å². The minimum Gasteiger partial charge on any atom is -0.507 e. The predicted octanol–water partition coefficient (Wildman–Crippen LogP) is 6.69. The predicted molar refractivity (Wildman–Crippen MR) is 113 cm³/mol. The zero-order valence-corrected chi connectivity index (χ0v) is 18.5. The number of aryl methyl sites for hydroxylation is 1. The Labute approximate surface area is 166 Å². The summed E-state index contributed by atoms with van der Waals surface area (Å²) in [4.78, 5) is 0. The maximum atomic E-state index is 14.6. The van der Waals surface area contributed by atoms with Gasteiger partial charge in [0.1, 0.15) is 5.75 Å². The molecule has 1 aliphatic rings. The number of phenolic OH excluding ortho intramolecular Hbond substituents is 1. The molecule has 27 heavy (non-hydrogen) atoms. The maximum Gasteiger partial charge on any atom is 0.123 e. The molecule has 1 aromatic rings. The largest absolute Gasteiger partial charge is 0.507 e. The Kier molecular flexibility index (Phi) is 7.00. The van der Waals surface area contributed by atoms with Crippen molar-refractivity contribution in [2.24, 2.45) is 5.92 Å². The maximum absolute atomic E-state index is 14.6. The molecule has 1 fully saturated rings. The second kappa shape index (κ2) is 8.51. The Balaban J connectivity index is 2.09. The van der Waals surface area contributed by atoms with Crippen LogP contribution in [0.5, 0.6) is 5.75 Å². The topological polar surface area (TPSA) is 23.5 Å². The Morgan fingerprint density at radius 2 is 1.59 bits per heavy atom. The number of aromatic hydroxyl groups is 1. The molecule has 2 atom stereocenters. The van der Waals surface area contributed by atoms with Gasteiger partial charge in [0.25, 0.3) is 0 Å². The summed E-state index contributed by atoms with van der Waals surface area (Å²) in [5.74, 6) is 1.06. The van der Waals surface area contributed by atoms with E-state index in [4.69, 9.17) is 0 Å². The lowest BCUT2D eigenvalue weighted by Gasteiger charge is -2.31. The van der Waals surface area contributed by atoms with Crippen molar-refractivity contribution in [3.8, 4) is 5.75 Å². The summed E-state index contributed by atoms with van der Waals surface area (Å²) in [6.07, 6.45) is 6.01. The molecule has 1 saturated carbocycles. The Morgan fingerprint density at radius 1 is 1.04 bits per heavy atom. The van der Waals surface area contributed by atoms with Crippen LogP contribution < -0.4 is 0 Å². The van der Waals surface area contributed by atoms with E-state index in [-0.39, 0.29) is 16.9 Å². The van der Waals surface area contributed by atoms with Gasteiger partial charge >= 0.3 is 0 Å². The monoisotopic (exact) mass is 377 g/mol. The molecule has 0 amide bonds. The van der Waals surface area contributed by atoms with Crippen molar-refractivity contribution in [1.82, 2.24) is 5.12 Å². The van der Waals surface area contributed by atoms with Crippen LogP contribution in [0, 0.1) is 5.92 Å². The van der Waals surface area contributed by atoms with E-state index < -0.39 is 0 Å². The third-order valence-corrected chi connectivity index (χ3v) is 5.93. The SMILES string of the molecule is CC1CCCC(N(F)CCCc2cc(C(C)(C)C)c(O)c(C(C)(C)C)c2)C1. The van der Waals surface area contributed by atoms with Crippen LogP contribution in [0.3, 0.4) is 0 Å². The molecule has 0 bridgehead atoms. The van der Waals surface area contributed by atoms with Gasteiger partial charge in [-0.3, -0.25) is 0 Å². The lowest BCUT2D eigenvalue weighted by atomic mass is 9.78. The minimum absolute atomic E-state index is 0.101. The van der Waals surface area contributed by atoms with Crippen LogP contribution in [-0.4, -0.2) is 22.8 Å². The molecule has 3 heteroatoms. The molecule has 154 valence electrons. The standard InChI is InChI=1S/C24H40FNO/c1-17-10-8-12-19(14-17)26(25)13-9-11-18-15-20(23(2,3)4)22(27)21(16-18)24(5,6)7/h15-17,19,27H,8-14H2,1-7H3. The number of rotatable bonds is 5. The smallest absolute Gasteiger partial charge is 0.123 e. The molecule has 0 heterocycles. The average molecular weight is 378 g/mol. The van der Waals surface area contributed by atoms with Gasteiger partial charge in [-0.15, -0.1) is 9.60 Å². The number of hydrogen-bond acceptors (Lipinski definition) is 2. The summed E-state index contributed by atoms with van der Waals surface area (Å²) >= 11 is 0. The van der Waals surface area contributed by atoms with Gasteiger partial charge in [-0.05, 0) is 59.1 Å². The van der Waals surface area contributed by atoms with E-state index in [9.17, 15) is 9.59 Å². The summed E-state index contributed by atoms with van der Waals surface area (Å²) in [5.41, 5.74) is 2.94. The summed E-state index contributed by atoms with van der Waals surface area (Å²) in [5, 5.41) is 11.9. The highest BCUT2D eigenvalue weighted by atomic mass is 19.2. The molecule has 0 aromatic heterocycles. The highest BCUT2D eigenvalue weighted by Gasteiger charge is 2.27. The molecule has 1 aromatic carbocycles. The normalized spacial score (nSPS) is 21.7. The Morgan fingerprint density at radius 3 is 2.07 bits per heavy atom. The van der Waals surface area contributed by atoms with Crippen molar-refractivity contribution >= 4 is 0 Å². The molecule has 1 aliphatic carbocycles. The van der Waals surface area contributed by atoms with Gasteiger partial charge in [-0.1, -0.05) is 73.4 Å². The van der Waals surface area contributed by atoms with Gasteiger partial charge in [-0.2, -0.15) is 0 Å². The molecule has 2 nitrogen and oxygen atoms in total. The van der Waals surface area contributed by atoms with Crippen molar-refractivity contribution in [1.29, 1.82) is 0 Å². The fourth-order valence-corrected chi connectivity index (χ4v) is 4.26. The number of nitrogens with zero attached hydrogens (tertiary/aromatic N) is 1. The van der Waals surface area contributed by atoms with Gasteiger partial charge in [0.05, 0.1) is 0 Å². The second-order valence-corrected chi connectivity index (χ2v) is 10.7. The van der Waals surface area contributed by atoms with E-state index in [2.05, 4.69) is 60.6 Å². The summed E-state index contributed by atoms with van der Waals surface area (Å²) in [6, 6.07) is 4.34. The fourth-order valence-electron chi connectivity index (χ4n) is 4.26. The van der Waals surface area contributed by atoms with Crippen LogP contribution in [0.15, 0.2) is 12.1 Å². The van der Waals surface area contributed by atoms with E-state index in [1.807, 2.05) is 0 Å². The number of hydrogen-bond donors (Lipinski definition) is 1. The van der Waals surface area contributed by atoms with Crippen LogP contribution in [0.25, 0.3) is 0 Å². The summed E-state index contributed by atoms with van der Waals surface area (Å²) in [7, 11) is 0. The number of benzene rings is 1. The van der Waals surface area contributed by atoms with Crippen molar-refractivity contribution in [2.75, 3.05) is 6.54 Å². The van der Waals surface area contributed by atoms with Gasteiger partial charge in [0, 0.05) is 12.6 Å². The molecule has 0 spiro atoms. The van der Waals surface area contributed by atoms with Crippen molar-refractivity contribution in [3.05, 3.63) is 28.8 Å². The van der Waals surface area contributed by atoms with Gasteiger partial charge in [0.15, 0.2) is 0 Å². The van der Waals surface area contributed by atoms with E-state index in [0.717, 1.165) is 48.4 Å². The lowest BCUT2D eigenvalue weighted by molar-refractivity contribution is -0.0431. The van der Waals surface area contributed by atoms with E-state index >= 15 is 0 Å². The molecule has 1 N–H and O–H groups in total. The molecule has 0 aliphatic heterocycles. The van der Waals surface area contributed by atoms with Crippen LogP contribution in [0.1, 0.15) is 97.3 Å². The van der Waals surface area contributed by atoms with Crippen LogP contribution >= 0.6 is 0 Å². The summed E-state index contributed by atoms with van der Waals surface area (Å²) < 4.78 is 14.6. The first-order chi connectivity index (χ1) is 12.4. The molecular formula is C24H40FNO. The highest BCUT2D eigenvalue weighted by Crippen LogP contribution is 2.40. The van der Waals surface area contributed by atoms with Crippen LogP contribution in [0.4, 0.5) is 4.48 Å². The second-order valence-electron chi connectivity index (χ2n) is 10.7. The van der Waals surface area contributed by atoms with Crippen molar-refractivity contribution in [2.45, 2.75) is 104 Å². The van der Waals surface area contributed by atoms with Crippen molar-refractivity contribution < 1.29 is 9.59 Å². The Bertz CT molecular complexity index is 591. The first-order valence-corrected chi connectivity index (χ1v) is 10.7. The summed E-state index contributed by atoms with van der Waals surface area (Å²) in [6.45, 7) is 15.5. The van der Waals surface area contributed by atoms with Crippen LogP contribution in [-0.2, 0) is 17.3 Å². The van der Waals surface area contributed by atoms with Gasteiger partial charge in [0.2, 0.25) is 0 Å². The van der Waals surface area contributed by atoms with Crippen molar-refractivity contribution in [3.63, 3.8) is 0 Å². The van der Waals surface area contributed by atoms with Gasteiger partial charge in [-0.25, -0.2) is 0 Å². The first kappa shape index (κ1) is 22.2.